The van der Waals surface area contributed by atoms with Crippen molar-refractivity contribution >= 4 is 33.4 Å². The normalized spacial score (nSPS) is 13.8. The lowest BCUT2D eigenvalue weighted by molar-refractivity contribution is -0.385. The number of rotatable bonds is 12. The molecule has 1 fully saturated rings. The van der Waals surface area contributed by atoms with Crippen LogP contribution in [-0.2, 0) is 22.6 Å². The largest absolute Gasteiger partial charge is 0.490 e. The van der Waals surface area contributed by atoms with Crippen molar-refractivity contribution in [1.29, 1.82) is 0 Å². The molecule has 1 N–H and O–H groups in total. The molecule has 3 aromatic rings. The first-order valence-corrected chi connectivity index (χ1v) is 14.0. The molecule has 0 aromatic heterocycles. The molecule has 40 heavy (non-hydrogen) atoms. The van der Waals surface area contributed by atoms with E-state index < -0.39 is 11.0 Å². The molecular weight excluding hydrogens is 578 g/mol. The van der Waals surface area contributed by atoms with Crippen molar-refractivity contribution in [3.05, 3.63) is 98.5 Å². The number of methoxy groups -OCH3 is 1. The van der Waals surface area contributed by atoms with Gasteiger partial charge < -0.3 is 19.7 Å². The van der Waals surface area contributed by atoms with Gasteiger partial charge in [-0.15, -0.1) is 0 Å². The molecule has 0 unspecified atom stereocenters. The molecule has 1 aliphatic carbocycles. The lowest BCUT2D eigenvalue weighted by atomic mass is 10.0. The molecule has 1 aliphatic rings. The molecule has 10 heteroatoms. The number of hydrogen-bond acceptors (Lipinski definition) is 6. The first kappa shape index (κ1) is 29.1. The van der Waals surface area contributed by atoms with Gasteiger partial charge in [-0.3, -0.25) is 19.7 Å². The fraction of sp³-hybridized carbons (Fsp3) is 0.333. The van der Waals surface area contributed by atoms with E-state index in [-0.39, 0.29) is 48.2 Å². The van der Waals surface area contributed by atoms with Gasteiger partial charge in [0, 0.05) is 35.6 Å². The third-order valence-electron chi connectivity index (χ3n) is 6.92. The highest BCUT2D eigenvalue weighted by Gasteiger charge is 2.32. The van der Waals surface area contributed by atoms with Crippen molar-refractivity contribution in [3.8, 4) is 11.5 Å². The van der Waals surface area contributed by atoms with Crippen molar-refractivity contribution in [2.75, 3.05) is 13.7 Å². The zero-order valence-corrected chi connectivity index (χ0v) is 23.8. The van der Waals surface area contributed by atoms with Gasteiger partial charge in [0.15, 0.2) is 6.61 Å². The van der Waals surface area contributed by atoms with Crippen LogP contribution >= 0.6 is 15.9 Å². The van der Waals surface area contributed by atoms with E-state index in [4.69, 9.17) is 9.47 Å². The number of hydrogen-bond donors (Lipinski definition) is 1. The first-order chi connectivity index (χ1) is 19.3. The molecule has 9 nitrogen and oxygen atoms in total. The number of benzene rings is 3. The Kier molecular flexibility index (Phi) is 10.1. The van der Waals surface area contributed by atoms with Crippen LogP contribution in [0.15, 0.2) is 77.3 Å². The van der Waals surface area contributed by atoms with Crippen LogP contribution in [0.1, 0.15) is 36.8 Å². The highest BCUT2D eigenvalue weighted by Crippen LogP contribution is 2.31. The summed E-state index contributed by atoms with van der Waals surface area (Å²) in [5.41, 5.74) is 1.58. The van der Waals surface area contributed by atoms with Gasteiger partial charge in [-0.25, -0.2) is 0 Å². The number of nitro groups is 1. The Morgan fingerprint density at radius 2 is 1.77 bits per heavy atom. The summed E-state index contributed by atoms with van der Waals surface area (Å²) in [4.78, 5) is 39.8. The van der Waals surface area contributed by atoms with Crippen molar-refractivity contribution in [3.63, 3.8) is 0 Å². The second-order valence-electron chi connectivity index (χ2n) is 9.73. The topological polar surface area (TPSA) is 111 Å². The van der Waals surface area contributed by atoms with Crippen molar-refractivity contribution in [2.45, 2.75) is 50.7 Å². The van der Waals surface area contributed by atoms with Crippen LogP contribution in [0.5, 0.6) is 11.5 Å². The Balaban J connectivity index is 1.61. The fourth-order valence-corrected chi connectivity index (χ4v) is 5.33. The molecule has 0 spiro atoms. The molecule has 4 rings (SSSR count). The maximum Gasteiger partial charge on any atom is 0.311 e. The molecule has 1 atom stereocenters. The summed E-state index contributed by atoms with van der Waals surface area (Å²) in [5, 5.41) is 14.4. The predicted molar refractivity (Wildman–Crippen MR) is 154 cm³/mol. The van der Waals surface area contributed by atoms with Crippen molar-refractivity contribution < 1.29 is 24.0 Å². The van der Waals surface area contributed by atoms with E-state index in [1.807, 2.05) is 54.6 Å². The Morgan fingerprint density at radius 1 is 1.05 bits per heavy atom. The highest BCUT2D eigenvalue weighted by molar-refractivity contribution is 9.10. The number of amides is 2. The van der Waals surface area contributed by atoms with Crippen molar-refractivity contribution in [1.82, 2.24) is 10.2 Å². The summed E-state index contributed by atoms with van der Waals surface area (Å²) in [5.74, 6) is -0.317. The average molecular weight is 611 g/mol. The number of nitrogens with zero attached hydrogens (tertiary/aromatic N) is 2. The van der Waals surface area contributed by atoms with Crippen LogP contribution in [0.25, 0.3) is 0 Å². The second-order valence-corrected chi connectivity index (χ2v) is 10.6. The SMILES string of the molecule is COc1cc(OCC(=O)N(Cc2cccc(Br)c2)[C@H](Cc2ccccc2)C(=O)NC2CCCC2)ccc1[N+](=O)[O-]. The molecule has 3 aromatic carbocycles. The third kappa shape index (κ3) is 7.81. The smallest absolute Gasteiger partial charge is 0.311 e. The van der Waals surface area contributed by atoms with Gasteiger partial charge in [0.2, 0.25) is 11.7 Å². The number of halogens is 1. The Morgan fingerprint density at radius 3 is 2.45 bits per heavy atom. The Hall–Kier alpha value is -3.92. The van der Waals surface area contributed by atoms with Crippen LogP contribution in [-0.4, -0.2) is 47.4 Å². The minimum absolute atomic E-state index is 0.0267. The summed E-state index contributed by atoms with van der Waals surface area (Å²) in [7, 11) is 1.33. The number of carbonyl (C=O) groups excluding carboxylic acids is 2. The molecule has 0 bridgehead atoms. The first-order valence-electron chi connectivity index (χ1n) is 13.2. The van der Waals surface area contributed by atoms with Crippen LogP contribution in [0.3, 0.4) is 0 Å². The van der Waals surface area contributed by atoms with E-state index in [1.165, 1.54) is 25.3 Å². The minimum Gasteiger partial charge on any atom is -0.490 e. The van der Waals surface area contributed by atoms with E-state index in [1.54, 1.807) is 4.90 Å². The van der Waals surface area contributed by atoms with E-state index >= 15 is 0 Å². The fourth-order valence-electron chi connectivity index (χ4n) is 4.88. The van der Waals surface area contributed by atoms with Gasteiger partial charge in [0.25, 0.3) is 5.91 Å². The lowest BCUT2D eigenvalue weighted by Gasteiger charge is -2.32. The highest BCUT2D eigenvalue weighted by atomic mass is 79.9. The van der Waals surface area contributed by atoms with Crippen LogP contribution in [0.2, 0.25) is 0 Å². The molecule has 0 radical (unpaired) electrons. The van der Waals surface area contributed by atoms with E-state index in [0.717, 1.165) is 41.3 Å². The number of nitrogens with one attached hydrogen (secondary N) is 1. The Bertz CT molecular complexity index is 1330. The zero-order valence-electron chi connectivity index (χ0n) is 22.3. The average Bonchev–Trinajstić information content (AvgIpc) is 3.47. The van der Waals surface area contributed by atoms with Crippen LogP contribution in [0, 0.1) is 10.1 Å². The van der Waals surface area contributed by atoms with E-state index in [0.29, 0.717) is 6.42 Å². The quantitative estimate of drug-likeness (QED) is 0.216. The van der Waals surface area contributed by atoms with E-state index in [9.17, 15) is 19.7 Å². The van der Waals surface area contributed by atoms with Gasteiger partial charge >= 0.3 is 5.69 Å². The van der Waals surface area contributed by atoms with Crippen LogP contribution in [0.4, 0.5) is 5.69 Å². The molecule has 210 valence electrons. The summed E-state index contributed by atoms with van der Waals surface area (Å²) in [6.45, 7) is -0.169. The molecule has 1 saturated carbocycles. The van der Waals surface area contributed by atoms with Crippen LogP contribution < -0.4 is 14.8 Å². The van der Waals surface area contributed by atoms with Gasteiger partial charge in [0.05, 0.1) is 12.0 Å². The molecule has 0 aliphatic heterocycles. The molecular formula is C30H32BrN3O6. The molecule has 0 saturated heterocycles. The molecule has 2 amide bonds. The van der Waals surface area contributed by atoms with Gasteiger partial charge in [-0.1, -0.05) is 71.2 Å². The predicted octanol–water partition coefficient (Wildman–Crippen LogP) is 5.44. The maximum atomic E-state index is 13.8. The standard InChI is InChI=1S/C30H32BrN3O6/c1-39-28-18-25(14-15-26(28)34(37)38)40-20-29(35)33(19-22-10-7-11-23(31)16-22)27(17-21-8-3-2-4-9-21)30(36)32-24-12-5-6-13-24/h2-4,7-11,14-16,18,24,27H,5-6,12-13,17,19-20H2,1H3,(H,32,36)/t27-/m1/s1. The molecule has 0 heterocycles. The van der Waals surface area contributed by atoms with Gasteiger partial charge in [-0.2, -0.15) is 0 Å². The number of carbonyl (C=O) groups is 2. The zero-order chi connectivity index (χ0) is 28.5. The van der Waals surface area contributed by atoms with Crippen molar-refractivity contribution in [2.24, 2.45) is 0 Å². The van der Waals surface area contributed by atoms with Gasteiger partial charge in [0.1, 0.15) is 11.8 Å². The van der Waals surface area contributed by atoms with E-state index in [2.05, 4.69) is 21.2 Å². The summed E-state index contributed by atoms with van der Waals surface area (Å²) < 4.78 is 11.7. The lowest BCUT2D eigenvalue weighted by Crippen LogP contribution is -2.53. The third-order valence-corrected chi connectivity index (χ3v) is 7.42. The Labute approximate surface area is 241 Å². The second kappa shape index (κ2) is 13.9. The number of ether oxygens (including phenoxy) is 2. The summed E-state index contributed by atoms with van der Waals surface area (Å²) >= 11 is 3.49. The summed E-state index contributed by atoms with van der Waals surface area (Å²) in [6, 6.07) is 20.6. The number of nitro benzene ring substituents is 1. The summed E-state index contributed by atoms with van der Waals surface area (Å²) in [6.07, 6.45) is 4.33. The van der Waals surface area contributed by atoms with Gasteiger partial charge in [-0.05, 0) is 42.2 Å². The monoisotopic (exact) mass is 609 g/mol. The minimum atomic E-state index is -0.774. The maximum absolute atomic E-state index is 13.8.